The Morgan fingerprint density at radius 2 is 2.04 bits per heavy atom. The highest BCUT2D eigenvalue weighted by molar-refractivity contribution is 6.30. The van der Waals surface area contributed by atoms with Crippen molar-refractivity contribution >= 4 is 23.4 Å². The lowest BCUT2D eigenvalue weighted by Gasteiger charge is -2.34. The molecule has 4 nitrogen and oxygen atoms in total. The van der Waals surface area contributed by atoms with Crippen LogP contribution in [0.3, 0.4) is 0 Å². The molecule has 0 unspecified atom stereocenters. The molecule has 0 aliphatic carbocycles. The summed E-state index contributed by atoms with van der Waals surface area (Å²) >= 11 is 5.95. The number of rotatable bonds is 4. The van der Waals surface area contributed by atoms with Gasteiger partial charge in [-0.2, -0.15) is 0 Å². The van der Waals surface area contributed by atoms with Crippen molar-refractivity contribution in [3.8, 4) is 0 Å². The minimum Gasteiger partial charge on any atom is -0.342 e. The number of aryl methyl sites for hydroxylation is 1. The van der Waals surface area contributed by atoms with Gasteiger partial charge >= 0.3 is 0 Å². The topological polar surface area (TPSA) is 40.6 Å². The summed E-state index contributed by atoms with van der Waals surface area (Å²) in [5.41, 5.74) is 1.62. The van der Waals surface area contributed by atoms with Crippen molar-refractivity contribution in [2.45, 2.75) is 19.8 Å². The molecule has 0 saturated carbocycles. The van der Waals surface area contributed by atoms with Crippen LogP contribution in [0.15, 0.2) is 30.9 Å². The fraction of sp³-hybridized carbons (Fsp3) is 0.444. The summed E-state index contributed by atoms with van der Waals surface area (Å²) < 4.78 is 0. The molecule has 2 rings (SSSR count). The zero-order valence-corrected chi connectivity index (χ0v) is 14.5. The molecule has 1 aromatic carbocycles. The van der Waals surface area contributed by atoms with Crippen LogP contribution in [-0.4, -0.2) is 48.3 Å². The molecule has 1 saturated heterocycles. The zero-order valence-electron chi connectivity index (χ0n) is 13.7. The number of benzene rings is 1. The summed E-state index contributed by atoms with van der Waals surface area (Å²) in [4.78, 5) is 27.7. The quantitative estimate of drug-likeness (QED) is 0.794. The summed E-state index contributed by atoms with van der Waals surface area (Å²) in [5.74, 6) is 0.438. The molecule has 2 amide bonds. The fourth-order valence-electron chi connectivity index (χ4n) is 2.99. The van der Waals surface area contributed by atoms with Gasteiger partial charge in [-0.05, 0) is 55.5 Å². The van der Waals surface area contributed by atoms with Gasteiger partial charge in [-0.15, -0.1) is 0 Å². The number of hydrogen-bond acceptors (Lipinski definition) is 2. The molecule has 0 N–H and O–H groups in total. The smallest absolute Gasteiger partial charge is 0.254 e. The Morgan fingerprint density at radius 1 is 1.39 bits per heavy atom. The number of piperidine rings is 1. The van der Waals surface area contributed by atoms with E-state index in [9.17, 15) is 9.59 Å². The molecule has 23 heavy (non-hydrogen) atoms. The number of amides is 2. The van der Waals surface area contributed by atoms with Crippen molar-refractivity contribution in [2.75, 3.05) is 26.7 Å². The van der Waals surface area contributed by atoms with Gasteiger partial charge in [0.15, 0.2) is 0 Å². The van der Waals surface area contributed by atoms with Crippen LogP contribution in [0, 0.1) is 12.8 Å². The van der Waals surface area contributed by atoms with Gasteiger partial charge in [-0.1, -0.05) is 18.2 Å². The molecule has 124 valence electrons. The van der Waals surface area contributed by atoms with Crippen LogP contribution in [0.4, 0.5) is 0 Å². The SMILES string of the molecule is C=CC(=O)N(C)CC1CCN(C(=O)c2ccc(Cl)cc2C)CC1. The predicted molar refractivity (Wildman–Crippen MR) is 92.7 cm³/mol. The summed E-state index contributed by atoms with van der Waals surface area (Å²) in [6.45, 7) is 7.57. The van der Waals surface area contributed by atoms with Crippen LogP contribution >= 0.6 is 11.6 Å². The summed E-state index contributed by atoms with van der Waals surface area (Å²) in [5, 5.41) is 0.646. The number of carbonyl (C=O) groups excluding carboxylic acids is 2. The van der Waals surface area contributed by atoms with Gasteiger partial charge in [0.25, 0.3) is 5.91 Å². The molecule has 1 aromatic rings. The van der Waals surface area contributed by atoms with Crippen molar-refractivity contribution in [2.24, 2.45) is 5.92 Å². The Bertz CT molecular complexity index is 607. The van der Waals surface area contributed by atoms with Crippen LogP contribution < -0.4 is 0 Å². The molecular formula is C18H23ClN2O2. The minimum atomic E-state index is -0.0553. The first-order valence-electron chi connectivity index (χ1n) is 7.85. The van der Waals surface area contributed by atoms with Gasteiger partial charge in [-0.25, -0.2) is 0 Å². The highest BCUT2D eigenvalue weighted by Gasteiger charge is 2.25. The zero-order chi connectivity index (χ0) is 17.0. The van der Waals surface area contributed by atoms with Crippen LogP contribution in [0.1, 0.15) is 28.8 Å². The number of halogens is 1. The van der Waals surface area contributed by atoms with Gasteiger partial charge in [-0.3, -0.25) is 9.59 Å². The van der Waals surface area contributed by atoms with E-state index in [-0.39, 0.29) is 11.8 Å². The molecule has 1 fully saturated rings. The largest absolute Gasteiger partial charge is 0.342 e. The highest BCUT2D eigenvalue weighted by atomic mass is 35.5. The lowest BCUT2D eigenvalue weighted by atomic mass is 9.95. The predicted octanol–water partition coefficient (Wildman–Crippen LogP) is 3.15. The molecule has 0 bridgehead atoms. The molecule has 1 aliphatic rings. The van der Waals surface area contributed by atoms with E-state index in [0.717, 1.165) is 31.5 Å². The van der Waals surface area contributed by atoms with E-state index in [2.05, 4.69) is 6.58 Å². The van der Waals surface area contributed by atoms with Crippen LogP contribution in [0.2, 0.25) is 5.02 Å². The minimum absolute atomic E-state index is 0.0553. The maximum absolute atomic E-state index is 12.6. The third-order valence-electron chi connectivity index (χ3n) is 4.40. The van der Waals surface area contributed by atoms with E-state index < -0.39 is 0 Å². The third kappa shape index (κ3) is 4.35. The average Bonchev–Trinajstić information content (AvgIpc) is 2.54. The summed E-state index contributed by atoms with van der Waals surface area (Å²) in [6, 6.07) is 5.37. The van der Waals surface area contributed by atoms with E-state index >= 15 is 0 Å². The van der Waals surface area contributed by atoms with E-state index in [0.29, 0.717) is 23.0 Å². The van der Waals surface area contributed by atoms with Crippen molar-refractivity contribution in [1.29, 1.82) is 0 Å². The summed E-state index contributed by atoms with van der Waals surface area (Å²) in [6.07, 6.45) is 3.16. The number of likely N-dealkylation sites (N-methyl/N-ethyl adjacent to an activating group) is 1. The number of hydrogen-bond donors (Lipinski definition) is 0. The molecule has 0 spiro atoms. The van der Waals surface area contributed by atoms with E-state index in [1.165, 1.54) is 6.08 Å². The second kappa shape index (κ2) is 7.64. The maximum Gasteiger partial charge on any atom is 0.254 e. The van der Waals surface area contributed by atoms with Crippen molar-refractivity contribution < 1.29 is 9.59 Å². The van der Waals surface area contributed by atoms with Crippen molar-refractivity contribution in [3.63, 3.8) is 0 Å². The second-order valence-corrected chi connectivity index (χ2v) is 6.55. The van der Waals surface area contributed by atoms with E-state index in [1.807, 2.05) is 17.9 Å². The van der Waals surface area contributed by atoms with Crippen LogP contribution in [0.25, 0.3) is 0 Å². The van der Waals surface area contributed by atoms with Crippen molar-refractivity contribution in [3.05, 3.63) is 47.0 Å². The van der Waals surface area contributed by atoms with Gasteiger partial charge in [0.05, 0.1) is 0 Å². The first kappa shape index (κ1) is 17.5. The lowest BCUT2D eigenvalue weighted by Crippen LogP contribution is -2.42. The molecule has 1 aliphatic heterocycles. The van der Waals surface area contributed by atoms with Crippen molar-refractivity contribution in [1.82, 2.24) is 9.80 Å². The molecule has 5 heteroatoms. The van der Waals surface area contributed by atoms with Gasteiger partial charge in [0, 0.05) is 37.3 Å². The molecule has 0 aromatic heterocycles. The Morgan fingerprint density at radius 3 is 2.61 bits per heavy atom. The highest BCUT2D eigenvalue weighted by Crippen LogP contribution is 2.22. The normalized spacial score (nSPS) is 15.3. The molecule has 0 radical (unpaired) electrons. The van der Waals surface area contributed by atoms with Crippen LogP contribution in [-0.2, 0) is 4.79 Å². The molecule has 1 heterocycles. The summed E-state index contributed by atoms with van der Waals surface area (Å²) in [7, 11) is 1.79. The van der Waals surface area contributed by atoms with Gasteiger partial charge in [0.1, 0.15) is 0 Å². The molecule has 0 atom stereocenters. The fourth-order valence-corrected chi connectivity index (χ4v) is 3.22. The first-order valence-corrected chi connectivity index (χ1v) is 8.23. The van der Waals surface area contributed by atoms with E-state index in [1.54, 1.807) is 24.1 Å². The standard InChI is InChI=1S/C18H23ClN2O2/c1-4-17(22)20(3)12-14-7-9-21(10-8-14)18(23)16-6-5-15(19)11-13(16)2/h4-6,11,14H,1,7-10,12H2,2-3H3. The average molecular weight is 335 g/mol. The third-order valence-corrected chi connectivity index (χ3v) is 4.64. The lowest BCUT2D eigenvalue weighted by molar-refractivity contribution is -0.125. The molecular weight excluding hydrogens is 312 g/mol. The second-order valence-electron chi connectivity index (χ2n) is 6.12. The van der Waals surface area contributed by atoms with E-state index in [4.69, 9.17) is 11.6 Å². The number of carbonyl (C=O) groups is 2. The first-order chi connectivity index (χ1) is 10.9. The van der Waals surface area contributed by atoms with Gasteiger partial charge in [0.2, 0.25) is 5.91 Å². The monoisotopic (exact) mass is 334 g/mol. The van der Waals surface area contributed by atoms with Gasteiger partial charge < -0.3 is 9.80 Å². The maximum atomic E-state index is 12.6. The Kier molecular flexibility index (Phi) is 5.83. The Hall–Kier alpha value is -1.81. The Balaban J connectivity index is 1.92. The van der Waals surface area contributed by atoms with Crippen LogP contribution in [0.5, 0.6) is 0 Å². The number of likely N-dealkylation sites (tertiary alicyclic amines) is 1. The Labute approximate surface area is 142 Å². The number of nitrogens with zero attached hydrogens (tertiary/aromatic N) is 2.